The van der Waals surface area contributed by atoms with Crippen LogP contribution in [0.1, 0.15) is 1.43 Å². The van der Waals surface area contributed by atoms with Gasteiger partial charge in [-0.1, -0.05) is 0 Å². The van der Waals surface area contributed by atoms with E-state index in [1.54, 1.807) is 0 Å². The van der Waals surface area contributed by atoms with E-state index in [2.05, 4.69) is 9.26 Å². The monoisotopic (exact) mass is 224 g/mol. The van der Waals surface area contributed by atoms with Crippen LogP contribution in [0.5, 0.6) is 0 Å². The Bertz CT molecular complexity index is 153. The molecular formula is C5H14NaO6P. The summed E-state index contributed by atoms with van der Waals surface area (Å²) in [4.78, 5) is 16.5. The number of ether oxygens (including phenoxy) is 2. The van der Waals surface area contributed by atoms with Gasteiger partial charge in [0.25, 0.3) is 0 Å². The van der Waals surface area contributed by atoms with Gasteiger partial charge in [0.05, 0.1) is 26.4 Å². The van der Waals surface area contributed by atoms with E-state index in [-0.39, 0.29) is 44.2 Å². The fraction of sp³-hybridized carbons (Fsp3) is 1.00. The summed E-state index contributed by atoms with van der Waals surface area (Å²) in [5, 5.41) is 0. The molecular weight excluding hydrogens is 210 g/mol. The van der Waals surface area contributed by atoms with Crippen LogP contribution in [0.4, 0.5) is 0 Å². The minimum Gasteiger partial charge on any atom is -1.00 e. The Morgan fingerprint density at radius 1 is 1.23 bits per heavy atom. The average Bonchev–Trinajstić information content (AvgIpc) is 1.94. The predicted octanol–water partition coefficient (Wildman–Crippen LogP) is -3.12. The molecule has 8 heteroatoms. The second-order valence-electron chi connectivity index (χ2n) is 1.93. The van der Waals surface area contributed by atoms with E-state index in [1.165, 1.54) is 7.11 Å². The van der Waals surface area contributed by atoms with Gasteiger partial charge in [-0.2, -0.15) is 0 Å². The summed E-state index contributed by atoms with van der Waals surface area (Å²) in [5.41, 5.74) is 0. The topological polar surface area (TPSA) is 85.2 Å². The molecule has 13 heavy (non-hydrogen) atoms. The van der Waals surface area contributed by atoms with Crippen LogP contribution in [0, 0.1) is 0 Å². The molecule has 0 aromatic rings. The summed E-state index contributed by atoms with van der Waals surface area (Å²) < 4.78 is 23.8. The molecule has 0 atom stereocenters. The van der Waals surface area contributed by atoms with Crippen molar-refractivity contribution in [3.63, 3.8) is 0 Å². The fourth-order valence-corrected chi connectivity index (χ4v) is 0.772. The summed E-state index contributed by atoms with van der Waals surface area (Å²) in [6.45, 7) is 0.874. The van der Waals surface area contributed by atoms with Gasteiger partial charge in [0.2, 0.25) is 0 Å². The van der Waals surface area contributed by atoms with Crippen LogP contribution < -0.4 is 29.6 Å². The van der Waals surface area contributed by atoms with Gasteiger partial charge >= 0.3 is 37.4 Å². The Hall–Kier alpha value is 1.03. The molecule has 0 aliphatic heterocycles. The number of hydrogen-bond donors (Lipinski definition) is 2. The first-order valence-corrected chi connectivity index (χ1v) is 4.86. The van der Waals surface area contributed by atoms with Crippen molar-refractivity contribution >= 4 is 7.82 Å². The van der Waals surface area contributed by atoms with Crippen molar-refractivity contribution in [2.24, 2.45) is 0 Å². The molecule has 0 spiro atoms. The summed E-state index contributed by atoms with van der Waals surface area (Å²) in [6, 6.07) is 0. The van der Waals surface area contributed by atoms with Crippen LogP contribution in [-0.4, -0.2) is 43.3 Å². The quantitative estimate of drug-likeness (QED) is 0.270. The number of rotatable bonds is 7. The largest absolute Gasteiger partial charge is 1.00 e. The molecule has 0 saturated carbocycles. The van der Waals surface area contributed by atoms with Crippen LogP contribution in [0.15, 0.2) is 0 Å². The summed E-state index contributed by atoms with van der Waals surface area (Å²) in [7, 11) is -2.80. The van der Waals surface area contributed by atoms with E-state index in [1.807, 2.05) is 0 Å². The first kappa shape index (κ1) is 16.5. The number of phosphoric ester groups is 1. The molecule has 0 aromatic carbocycles. The maximum atomic E-state index is 10.1. The zero-order chi connectivity index (χ0) is 9.45. The van der Waals surface area contributed by atoms with Crippen molar-refractivity contribution in [1.82, 2.24) is 0 Å². The van der Waals surface area contributed by atoms with E-state index < -0.39 is 7.82 Å². The third-order valence-corrected chi connectivity index (χ3v) is 1.44. The molecule has 0 saturated heterocycles. The van der Waals surface area contributed by atoms with Gasteiger partial charge in [0.1, 0.15) is 0 Å². The van der Waals surface area contributed by atoms with Gasteiger partial charge in [0, 0.05) is 7.11 Å². The van der Waals surface area contributed by atoms with Gasteiger partial charge in [0.15, 0.2) is 0 Å². The summed E-state index contributed by atoms with van der Waals surface area (Å²) in [6.07, 6.45) is 0. The summed E-state index contributed by atoms with van der Waals surface area (Å²) >= 11 is 0. The minimum absolute atomic E-state index is 0. The SMILES string of the molecule is COCCOCCOP(=O)(O)O.[H-].[Na+]. The van der Waals surface area contributed by atoms with E-state index in [4.69, 9.17) is 14.5 Å². The molecule has 0 aliphatic rings. The van der Waals surface area contributed by atoms with E-state index in [9.17, 15) is 4.57 Å². The van der Waals surface area contributed by atoms with Crippen molar-refractivity contribution in [3.05, 3.63) is 0 Å². The third-order valence-electron chi connectivity index (χ3n) is 0.919. The van der Waals surface area contributed by atoms with Gasteiger partial charge in [-0.3, -0.25) is 4.52 Å². The molecule has 0 aliphatic carbocycles. The van der Waals surface area contributed by atoms with Gasteiger partial charge in [-0.15, -0.1) is 0 Å². The molecule has 0 radical (unpaired) electrons. The number of phosphoric acid groups is 1. The second kappa shape index (κ2) is 9.58. The molecule has 0 aromatic heterocycles. The third kappa shape index (κ3) is 15.8. The zero-order valence-electron chi connectivity index (χ0n) is 8.80. The average molecular weight is 224 g/mol. The Balaban J connectivity index is -0.000000605. The van der Waals surface area contributed by atoms with Crippen molar-refractivity contribution in [1.29, 1.82) is 0 Å². The van der Waals surface area contributed by atoms with Crippen LogP contribution >= 0.6 is 7.82 Å². The second-order valence-corrected chi connectivity index (χ2v) is 3.17. The number of methoxy groups -OCH3 is 1. The van der Waals surface area contributed by atoms with Crippen LogP contribution in [0.3, 0.4) is 0 Å². The normalized spacial score (nSPS) is 11.0. The van der Waals surface area contributed by atoms with Gasteiger partial charge in [-0.25, -0.2) is 4.57 Å². The standard InChI is InChI=1S/C5H13O6P.Na.H/c1-9-2-3-10-4-5-11-12(6,7)8;;/h2-5H2,1H3,(H2,6,7,8);;/q;+1;-1. The Labute approximate surface area is 101 Å². The summed E-state index contributed by atoms with van der Waals surface area (Å²) in [5.74, 6) is 0. The van der Waals surface area contributed by atoms with Crippen LogP contribution in [0.25, 0.3) is 0 Å². The molecule has 2 N–H and O–H groups in total. The van der Waals surface area contributed by atoms with E-state index >= 15 is 0 Å². The zero-order valence-corrected chi connectivity index (χ0v) is 10.7. The van der Waals surface area contributed by atoms with E-state index in [0.717, 1.165) is 0 Å². The Morgan fingerprint density at radius 3 is 2.23 bits per heavy atom. The molecule has 76 valence electrons. The smallest absolute Gasteiger partial charge is 1.00 e. The molecule has 0 amide bonds. The van der Waals surface area contributed by atoms with Gasteiger partial charge in [-0.05, 0) is 0 Å². The maximum absolute atomic E-state index is 10.1. The molecule has 6 nitrogen and oxygen atoms in total. The predicted molar refractivity (Wildman–Crippen MR) is 41.8 cm³/mol. The Kier molecular flexibility index (Phi) is 12.1. The number of hydrogen-bond acceptors (Lipinski definition) is 4. The van der Waals surface area contributed by atoms with Crippen molar-refractivity contribution in [3.8, 4) is 0 Å². The van der Waals surface area contributed by atoms with Crippen molar-refractivity contribution in [2.45, 2.75) is 0 Å². The van der Waals surface area contributed by atoms with Crippen LogP contribution in [-0.2, 0) is 18.6 Å². The fourth-order valence-electron chi connectivity index (χ4n) is 0.459. The molecule has 0 rings (SSSR count). The maximum Gasteiger partial charge on any atom is 1.00 e. The first-order valence-electron chi connectivity index (χ1n) is 3.33. The molecule has 0 fully saturated rings. The molecule has 0 bridgehead atoms. The van der Waals surface area contributed by atoms with Crippen molar-refractivity contribution < 1.29 is 59.3 Å². The molecule has 0 unspecified atom stereocenters. The molecule has 0 heterocycles. The first-order chi connectivity index (χ1) is 5.56. The minimum atomic E-state index is -4.33. The van der Waals surface area contributed by atoms with Crippen LogP contribution in [0.2, 0.25) is 0 Å². The van der Waals surface area contributed by atoms with Crippen molar-refractivity contribution in [2.75, 3.05) is 33.5 Å². The van der Waals surface area contributed by atoms with E-state index in [0.29, 0.717) is 13.2 Å². The van der Waals surface area contributed by atoms with Gasteiger partial charge < -0.3 is 20.7 Å². The Morgan fingerprint density at radius 2 is 1.77 bits per heavy atom.